The van der Waals surface area contributed by atoms with E-state index in [9.17, 15) is 0 Å². The van der Waals surface area contributed by atoms with Gasteiger partial charge in [0.15, 0.2) is 5.89 Å². The van der Waals surface area contributed by atoms with E-state index in [1.54, 1.807) is 11.3 Å². The fraction of sp³-hybridized carbons (Fsp3) is 0.222. The van der Waals surface area contributed by atoms with E-state index in [0.29, 0.717) is 18.0 Å². The largest absolute Gasteiger partial charge is 0.448 e. The van der Waals surface area contributed by atoms with Crippen LogP contribution in [-0.2, 0) is 13.0 Å². The first-order valence-corrected chi connectivity index (χ1v) is 4.83. The number of aliphatic hydroxyl groups is 1. The van der Waals surface area contributed by atoms with Crippen LogP contribution in [0.25, 0.3) is 0 Å². The number of hydrogen-bond acceptors (Lipinski definition) is 4. The molecule has 0 aliphatic carbocycles. The van der Waals surface area contributed by atoms with Crippen LogP contribution in [0.5, 0.6) is 0 Å². The predicted molar refractivity (Wildman–Crippen MR) is 49.6 cm³/mol. The van der Waals surface area contributed by atoms with Crippen LogP contribution in [0.2, 0.25) is 0 Å². The Hall–Kier alpha value is -1.13. The molecule has 0 fully saturated rings. The molecule has 0 aliphatic rings. The van der Waals surface area contributed by atoms with Crippen molar-refractivity contribution in [2.75, 3.05) is 0 Å². The molecular formula is C9H9NO2S. The molecular weight excluding hydrogens is 186 g/mol. The van der Waals surface area contributed by atoms with E-state index >= 15 is 0 Å². The second-order valence-corrected chi connectivity index (χ2v) is 3.68. The van der Waals surface area contributed by atoms with E-state index < -0.39 is 0 Å². The van der Waals surface area contributed by atoms with Crippen molar-refractivity contribution in [3.8, 4) is 0 Å². The first-order valence-electron chi connectivity index (χ1n) is 3.95. The summed E-state index contributed by atoms with van der Waals surface area (Å²) in [7, 11) is 0. The summed E-state index contributed by atoms with van der Waals surface area (Å²) in [5.41, 5.74) is 0.589. The van der Waals surface area contributed by atoms with Crippen LogP contribution >= 0.6 is 11.3 Å². The number of oxazole rings is 1. The normalized spacial score (nSPS) is 10.5. The summed E-state index contributed by atoms with van der Waals surface area (Å²) in [5.74, 6) is 0.659. The molecule has 0 bridgehead atoms. The molecule has 0 spiro atoms. The molecule has 0 aliphatic heterocycles. The van der Waals surface area contributed by atoms with Gasteiger partial charge in [-0.15, -0.1) is 11.3 Å². The Labute approximate surface area is 79.7 Å². The maximum Gasteiger partial charge on any atom is 0.199 e. The zero-order chi connectivity index (χ0) is 9.10. The van der Waals surface area contributed by atoms with E-state index in [1.165, 1.54) is 11.1 Å². The van der Waals surface area contributed by atoms with Crippen molar-refractivity contribution < 1.29 is 9.52 Å². The highest BCUT2D eigenvalue weighted by Crippen LogP contribution is 2.14. The third kappa shape index (κ3) is 1.96. The molecule has 0 aromatic carbocycles. The van der Waals surface area contributed by atoms with Crippen LogP contribution < -0.4 is 0 Å². The molecule has 68 valence electrons. The Morgan fingerprint density at radius 1 is 1.54 bits per heavy atom. The van der Waals surface area contributed by atoms with Crippen molar-refractivity contribution in [1.82, 2.24) is 4.98 Å². The van der Waals surface area contributed by atoms with Gasteiger partial charge in [-0.3, -0.25) is 0 Å². The number of nitrogens with zero attached hydrogens (tertiary/aromatic N) is 1. The highest BCUT2D eigenvalue weighted by molar-refractivity contribution is 7.09. The zero-order valence-electron chi connectivity index (χ0n) is 6.93. The second kappa shape index (κ2) is 3.72. The molecule has 13 heavy (non-hydrogen) atoms. The number of rotatable bonds is 3. The molecule has 4 heteroatoms. The Morgan fingerprint density at radius 3 is 3.08 bits per heavy atom. The van der Waals surface area contributed by atoms with E-state index in [2.05, 4.69) is 4.98 Å². The average Bonchev–Trinajstić information content (AvgIpc) is 2.76. The van der Waals surface area contributed by atoms with Gasteiger partial charge in [0.2, 0.25) is 0 Å². The van der Waals surface area contributed by atoms with Crippen LogP contribution in [0, 0.1) is 0 Å². The molecule has 2 aromatic rings. The molecule has 0 saturated carbocycles. The summed E-state index contributed by atoms with van der Waals surface area (Å²) in [4.78, 5) is 5.31. The smallest absolute Gasteiger partial charge is 0.199 e. The van der Waals surface area contributed by atoms with E-state index in [-0.39, 0.29) is 6.61 Å². The molecule has 0 atom stereocenters. The third-order valence-electron chi connectivity index (χ3n) is 1.67. The minimum atomic E-state index is -0.0616. The minimum absolute atomic E-state index is 0.0616. The lowest BCUT2D eigenvalue weighted by molar-refractivity contribution is 0.276. The molecule has 0 unspecified atom stereocenters. The van der Waals surface area contributed by atoms with Gasteiger partial charge in [-0.1, -0.05) is 6.07 Å². The Morgan fingerprint density at radius 2 is 2.46 bits per heavy atom. The predicted octanol–water partition coefficient (Wildman–Crippen LogP) is 1.82. The molecule has 3 nitrogen and oxygen atoms in total. The molecule has 2 rings (SSSR count). The van der Waals surface area contributed by atoms with Crippen LogP contribution in [0.15, 0.2) is 28.2 Å². The van der Waals surface area contributed by atoms with Crippen molar-refractivity contribution in [3.63, 3.8) is 0 Å². The lowest BCUT2D eigenvalue weighted by Crippen LogP contribution is -1.86. The molecule has 1 N–H and O–H groups in total. The van der Waals surface area contributed by atoms with Crippen molar-refractivity contribution in [1.29, 1.82) is 0 Å². The first kappa shape index (κ1) is 8.47. The second-order valence-electron chi connectivity index (χ2n) is 2.65. The van der Waals surface area contributed by atoms with Gasteiger partial charge in [0, 0.05) is 4.88 Å². The molecule has 2 aromatic heterocycles. The van der Waals surface area contributed by atoms with E-state index in [4.69, 9.17) is 9.52 Å². The Kier molecular flexibility index (Phi) is 2.42. The fourth-order valence-electron chi connectivity index (χ4n) is 1.06. The van der Waals surface area contributed by atoms with Gasteiger partial charge < -0.3 is 9.52 Å². The fourth-order valence-corrected chi connectivity index (χ4v) is 1.76. The molecule has 2 heterocycles. The topological polar surface area (TPSA) is 46.3 Å². The average molecular weight is 195 g/mol. The van der Waals surface area contributed by atoms with Crippen LogP contribution in [0.1, 0.15) is 16.5 Å². The van der Waals surface area contributed by atoms with Crippen LogP contribution in [0.4, 0.5) is 0 Å². The van der Waals surface area contributed by atoms with Crippen LogP contribution in [-0.4, -0.2) is 10.1 Å². The first-order chi connectivity index (χ1) is 6.38. The van der Waals surface area contributed by atoms with Crippen molar-refractivity contribution in [2.45, 2.75) is 13.0 Å². The molecule has 0 saturated heterocycles. The van der Waals surface area contributed by atoms with Gasteiger partial charge in [0.25, 0.3) is 0 Å². The Balaban J connectivity index is 2.10. The lowest BCUT2D eigenvalue weighted by atomic mass is 10.3. The number of hydrogen-bond donors (Lipinski definition) is 1. The summed E-state index contributed by atoms with van der Waals surface area (Å²) in [6.45, 7) is -0.0616. The summed E-state index contributed by atoms with van der Waals surface area (Å²) in [6.07, 6.45) is 2.20. The van der Waals surface area contributed by atoms with Crippen LogP contribution in [0.3, 0.4) is 0 Å². The van der Waals surface area contributed by atoms with Gasteiger partial charge in [-0.25, -0.2) is 4.98 Å². The van der Waals surface area contributed by atoms with Gasteiger partial charge >= 0.3 is 0 Å². The van der Waals surface area contributed by atoms with Gasteiger partial charge in [0.05, 0.1) is 13.0 Å². The minimum Gasteiger partial charge on any atom is -0.448 e. The van der Waals surface area contributed by atoms with Gasteiger partial charge in [-0.2, -0.15) is 0 Å². The molecule has 0 radical (unpaired) electrons. The SMILES string of the molecule is OCc1coc(Cc2cccs2)n1. The van der Waals surface area contributed by atoms with E-state index in [1.807, 2.05) is 17.5 Å². The maximum absolute atomic E-state index is 8.76. The summed E-state index contributed by atoms with van der Waals surface area (Å²) in [5, 5.41) is 10.8. The quantitative estimate of drug-likeness (QED) is 0.812. The third-order valence-corrected chi connectivity index (χ3v) is 2.54. The molecule has 0 amide bonds. The number of thiophene rings is 1. The highest BCUT2D eigenvalue weighted by atomic mass is 32.1. The van der Waals surface area contributed by atoms with Gasteiger partial charge in [0.1, 0.15) is 12.0 Å². The number of aromatic nitrogens is 1. The standard InChI is InChI=1S/C9H9NO2S/c11-5-7-6-12-9(10-7)4-8-2-1-3-13-8/h1-3,6,11H,4-5H2. The Bertz CT molecular complexity index is 367. The summed E-state index contributed by atoms with van der Waals surface area (Å²) < 4.78 is 5.16. The maximum atomic E-state index is 8.76. The zero-order valence-corrected chi connectivity index (χ0v) is 7.75. The lowest BCUT2D eigenvalue weighted by Gasteiger charge is -1.89. The van der Waals surface area contributed by atoms with Gasteiger partial charge in [-0.05, 0) is 11.4 Å². The van der Waals surface area contributed by atoms with E-state index in [0.717, 1.165) is 0 Å². The summed E-state index contributed by atoms with van der Waals surface area (Å²) >= 11 is 1.67. The number of aliphatic hydroxyl groups excluding tert-OH is 1. The summed E-state index contributed by atoms with van der Waals surface area (Å²) in [6, 6.07) is 4.03. The van der Waals surface area contributed by atoms with Crippen molar-refractivity contribution in [3.05, 3.63) is 40.2 Å². The monoisotopic (exact) mass is 195 g/mol. The van der Waals surface area contributed by atoms with Crippen molar-refractivity contribution >= 4 is 11.3 Å². The van der Waals surface area contributed by atoms with Crippen molar-refractivity contribution in [2.24, 2.45) is 0 Å². The highest BCUT2D eigenvalue weighted by Gasteiger charge is 2.04.